The van der Waals surface area contributed by atoms with Crippen LogP contribution in [0.15, 0.2) is 36.4 Å². The lowest BCUT2D eigenvalue weighted by Crippen LogP contribution is -2.70. The number of methoxy groups -OCH3 is 4. The number of nitrogens with zero attached hydrogens (tertiary/aromatic N) is 5. The van der Waals surface area contributed by atoms with E-state index in [-0.39, 0.29) is 120 Å². The van der Waals surface area contributed by atoms with Crippen LogP contribution in [0.25, 0.3) is 0 Å². The molecule has 2 unspecified atom stereocenters. The van der Waals surface area contributed by atoms with E-state index in [9.17, 15) is 39.1 Å². The molecule has 8 bridgehead atoms. The van der Waals surface area contributed by atoms with Crippen LogP contribution in [0, 0.1) is 39.0 Å². The van der Waals surface area contributed by atoms with Crippen molar-refractivity contribution in [1.29, 1.82) is 5.26 Å². The van der Waals surface area contributed by atoms with E-state index < -0.39 is 100 Å². The molecule has 4 saturated heterocycles. The Kier molecular flexibility index (Phi) is 35.9. The minimum atomic E-state index is -1.44. The van der Waals surface area contributed by atoms with Crippen LogP contribution < -0.4 is 76.9 Å². The van der Waals surface area contributed by atoms with Gasteiger partial charge in [0, 0.05) is 127 Å². The van der Waals surface area contributed by atoms with Crippen molar-refractivity contribution in [3.8, 4) is 86.6 Å². The summed E-state index contributed by atoms with van der Waals surface area (Å²) >= 11 is 2.96. The Hall–Kier alpha value is -10.6. The number of fused-ring (bicyclic) bond motifs is 18. The van der Waals surface area contributed by atoms with Crippen molar-refractivity contribution >= 4 is 71.3 Å². The number of hydrogen-bond donors (Lipinski definition) is 3. The van der Waals surface area contributed by atoms with Crippen molar-refractivity contribution in [3.63, 3.8) is 0 Å². The first-order valence-corrected chi connectivity index (χ1v) is 54.3. The van der Waals surface area contributed by atoms with Crippen molar-refractivity contribution in [3.05, 3.63) is 125 Å². The zero-order valence-corrected chi connectivity index (χ0v) is 88.3. The van der Waals surface area contributed by atoms with Crippen LogP contribution in [0.1, 0.15) is 334 Å². The van der Waals surface area contributed by atoms with Gasteiger partial charge < -0.3 is 80.9 Å². The predicted molar refractivity (Wildman–Crippen MR) is 555 cm³/mol. The van der Waals surface area contributed by atoms with Gasteiger partial charge in [-0.1, -0.05) is 157 Å². The number of nitriles is 1. The van der Waals surface area contributed by atoms with Gasteiger partial charge in [-0.3, -0.25) is 59.0 Å². The molecule has 14 aliphatic rings. The second kappa shape index (κ2) is 47.7. The molecule has 3 N–H and O–H groups in total. The Bertz CT molecular complexity index is 5990. The Balaban J connectivity index is 0.000000217. The van der Waals surface area contributed by atoms with E-state index in [2.05, 4.69) is 71.2 Å². The Morgan fingerprint density at radius 3 is 1.18 bits per heavy atom. The number of aliphatic hydroxyl groups is 1. The number of carbonyl (C=O) groups excluding carboxylic acids is 8. The maximum atomic E-state index is 15.3. The molecule has 0 aromatic heterocycles. The Morgan fingerprint density at radius 1 is 0.435 bits per heavy atom. The largest absolute Gasteiger partial charge is 0.493 e. The molecule has 6 aromatic rings. The van der Waals surface area contributed by atoms with Crippen molar-refractivity contribution in [1.82, 2.24) is 30.2 Å². The van der Waals surface area contributed by atoms with E-state index in [1.54, 1.807) is 26.4 Å². The molecule has 32 nitrogen and oxygen atoms in total. The summed E-state index contributed by atoms with van der Waals surface area (Å²) in [6, 6.07) is 8.55. The van der Waals surface area contributed by atoms with Gasteiger partial charge in [0.1, 0.15) is 37.0 Å². The smallest absolute Gasteiger partial charge is 0.331 e. The molecule has 147 heavy (non-hydrogen) atoms. The number of likely N-dealkylation sites (N-methyl/N-ethyl adjacent to an activating group) is 2. The zero-order valence-electron chi connectivity index (χ0n) is 86.6. The standard InChI is InChI=1S/C56H70N4O12S.C55H71N3O13S.2CH4/c1-9-11-13-15-17-19-42(62)71-41-25-34-21-22-58-56(36(34)26-40(41)65-7)29-73-54-46-45(52-51(68-30-69-52)32(4)50(46)70-33(5)61)39(28-67-55(56)64)60-38(27-57)37-24-35-23-31(3)49(66-8)53(44(35)47(48(54)60)59(37)6)72-43(63)20-18-16-14-12-10-2;1-9-11-13-15-17-19-40(60)70-39-25-33-21-22-56-55(35(33)26-38(39)64-7)28-72-52-44-43(50-49(67-29-68-50)31(4)48(44)69-32(5)59)37(27-66-54(55)63)58-46(52)45-42-34(24-36(53(58)62)57(45)6)23-30(3)47(65-8)51(42)71-41(61)20-18-16-14-12-10-2;;/h23,25-26,37-39,47-48,54,58H,9-22,24,28-30H2,1-8H3;23,25-26,36-37,45-46,52-53,56,62H,9-22,24,27-29H2,1-8H3;2*1H4/t37-,38-,39-,47+,48?,54+,56+;36-,37-,45+,46?,52+,53-,55+;;/m00../s1. The number of aryl methyl sites for hydroxylation is 2. The fourth-order valence-electron chi connectivity index (χ4n) is 24.6. The number of nitrogens with one attached hydrogen (secondary N) is 2. The third kappa shape index (κ3) is 20.9. The molecule has 2 spiro atoms. The molecule has 14 heterocycles. The van der Waals surface area contributed by atoms with Gasteiger partial charge in [-0.25, -0.2) is 9.59 Å². The summed E-state index contributed by atoms with van der Waals surface area (Å²) in [5.74, 6) is 1.84. The maximum absolute atomic E-state index is 15.3. The van der Waals surface area contributed by atoms with E-state index in [0.29, 0.717) is 165 Å². The number of aliphatic hydroxyl groups excluding tert-OH is 1. The molecule has 0 amide bonds. The summed E-state index contributed by atoms with van der Waals surface area (Å²) in [6.07, 6.45) is 21.5. The van der Waals surface area contributed by atoms with Gasteiger partial charge in [0.2, 0.25) is 13.6 Å². The SMILES string of the molecule is C.C.CCCCCCCC(=O)Oc1cc2c(cc1OC)[C@@]1(CS[C@@H]3c4c(OC(C)=O)c(C)c5c(c4[C@H](COC1=O)N1C3[C@H]3c4c(cc(C)c(OC)c4OC(=O)CCCCCCC)C[C@@H]([C@@H]1C#N)N3C)OCO5)NCC2.CCCCCCCC(=O)Oc1cc2c(cc1OC)[C@@]1(CS[C@@H]3c4c(OC(C)=O)c(C)c5c(c4[C@H](COC1=O)N1C3[C@H]3c4c(cc(C)c(OC)c4OC(=O)CCCCCCC)C[C@@H]([C@@H]1O)N3C)OCO5)NCC2. The van der Waals surface area contributed by atoms with E-state index >= 15 is 9.59 Å². The number of carbonyl (C=O) groups is 8. The van der Waals surface area contributed by atoms with Crippen molar-refractivity contribution < 1.29 is 119 Å². The number of thioether (sulfide) groups is 2. The minimum absolute atomic E-state index is 0. The number of piperazine rings is 2. The topological polar surface area (TPSA) is 365 Å². The average molecular weight is 2070 g/mol. The first-order chi connectivity index (χ1) is 70.1. The van der Waals surface area contributed by atoms with E-state index in [0.717, 1.165) is 160 Å². The van der Waals surface area contributed by atoms with E-state index in [4.69, 9.17) is 75.8 Å². The highest BCUT2D eigenvalue weighted by atomic mass is 32.2. The highest BCUT2D eigenvalue weighted by molar-refractivity contribution is 7.99. The molecule has 14 atom stereocenters. The lowest BCUT2D eigenvalue weighted by Gasteiger charge is -2.62. The predicted octanol–water partition coefficient (Wildman–Crippen LogP) is 18.9. The van der Waals surface area contributed by atoms with Crippen LogP contribution in [0.5, 0.6) is 80.5 Å². The van der Waals surface area contributed by atoms with Gasteiger partial charge in [0.25, 0.3) is 0 Å². The van der Waals surface area contributed by atoms with Gasteiger partial charge in [-0.05, 0) is 162 Å². The third-order valence-electron chi connectivity index (χ3n) is 31.4. The van der Waals surface area contributed by atoms with Gasteiger partial charge >= 0.3 is 47.8 Å². The van der Waals surface area contributed by atoms with Crippen LogP contribution in [-0.2, 0) is 84.6 Å². The third-order valence-corrected chi connectivity index (χ3v) is 34.4. The first-order valence-electron chi connectivity index (χ1n) is 52.2. The summed E-state index contributed by atoms with van der Waals surface area (Å²) in [6.45, 7) is 19.1. The van der Waals surface area contributed by atoms with Crippen LogP contribution >= 0.6 is 23.5 Å². The molecular formula is C113H149N7O25S2. The summed E-state index contributed by atoms with van der Waals surface area (Å²) in [5, 5.41) is 30.3. The van der Waals surface area contributed by atoms with Crippen molar-refractivity contribution in [2.45, 2.75) is 346 Å². The van der Waals surface area contributed by atoms with Crippen molar-refractivity contribution in [2.75, 3.05) is 93.9 Å². The van der Waals surface area contributed by atoms with Crippen molar-refractivity contribution in [2.24, 2.45) is 0 Å². The van der Waals surface area contributed by atoms with E-state index in [1.807, 2.05) is 58.8 Å². The number of hydrogen-bond acceptors (Lipinski definition) is 34. The highest BCUT2D eigenvalue weighted by Gasteiger charge is 2.65. The molecule has 34 heteroatoms. The maximum Gasteiger partial charge on any atom is 0.331 e. The molecular weight excluding hydrogens is 1920 g/mol. The van der Waals surface area contributed by atoms with Crippen LogP contribution in [0.4, 0.5) is 0 Å². The summed E-state index contributed by atoms with van der Waals surface area (Å²) in [4.78, 5) is 120. The monoisotopic (exact) mass is 2070 g/mol. The average Bonchev–Trinajstić information content (AvgIpc) is 1.60. The van der Waals surface area contributed by atoms with Gasteiger partial charge in [-0.2, -0.15) is 5.26 Å². The summed E-state index contributed by atoms with van der Waals surface area (Å²) in [7, 11) is 10.2. The molecule has 0 radical (unpaired) electrons. The fourth-order valence-corrected chi connectivity index (χ4v) is 28.0. The molecule has 6 aromatic carbocycles. The summed E-state index contributed by atoms with van der Waals surface area (Å²) < 4.78 is 99.7. The first kappa shape index (κ1) is 111. The Morgan fingerprint density at radius 2 is 0.803 bits per heavy atom. The van der Waals surface area contributed by atoms with E-state index in [1.165, 1.54) is 51.6 Å². The van der Waals surface area contributed by atoms with Gasteiger partial charge in [0.05, 0.1) is 75.2 Å². The van der Waals surface area contributed by atoms with Crippen LogP contribution in [0.2, 0.25) is 0 Å². The van der Waals surface area contributed by atoms with Gasteiger partial charge in [-0.15, -0.1) is 23.5 Å². The molecule has 4 fully saturated rings. The van der Waals surface area contributed by atoms with Gasteiger partial charge in [0.15, 0.2) is 80.1 Å². The second-order valence-electron chi connectivity index (χ2n) is 40.5. The molecule has 0 aliphatic carbocycles. The number of benzene rings is 6. The zero-order chi connectivity index (χ0) is 103. The molecule has 798 valence electrons. The fraction of sp³-hybridized carbons (Fsp3) is 0.602. The number of ether oxygens (including phenoxy) is 16. The highest BCUT2D eigenvalue weighted by Crippen LogP contribution is 2.68. The van der Waals surface area contributed by atoms with Crippen LogP contribution in [0.3, 0.4) is 0 Å². The normalized spacial score (nSPS) is 24.4. The minimum Gasteiger partial charge on any atom is -0.493 e. The number of rotatable bonds is 34. The Labute approximate surface area is 872 Å². The number of unbranched alkanes of at least 4 members (excludes halogenated alkanes) is 16. The lowest BCUT2D eigenvalue weighted by molar-refractivity contribution is -0.186. The molecule has 14 aliphatic heterocycles. The molecule has 0 saturated carbocycles. The lowest BCUT2D eigenvalue weighted by atomic mass is 9.71. The second-order valence-corrected chi connectivity index (χ2v) is 42.8. The quantitative estimate of drug-likeness (QED) is 0.0192. The summed E-state index contributed by atoms with van der Waals surface area (Å²) in [5.41, 5.74) is 8.74. The van der Waals surface area contributed by atoms with Crippen LogP contribution in [-0.4, -0.2) is 203 Å². The molecule has 20 rings (SSSR count). The number of esters is 8.